The Balaban J connectivity index is 1.55. The van der Waals surface area contributed by atoms with E-state index < -0.39 is 5.60 Å². The van der Waals surface area contributed by atoms with Gasteiger partial charge in [0.1, 0.15) is 5.60 Å². The van der Waals surface area contributed by atoms with Gasteiger partial charge in [0.2, 0.25) is 0 Å². The van der Waals surface area contributed by atoms with Crippen molar-refractivity contribution in [1.82, 2.24) is 4.90 Å². The maximum Gasteiger partial charge on any atom is 0.410 e. The van der Waals surface area contributed by atoms with Crippen molar-refractivity contribution in [3.8, 4) is 0 Å². The van der Waals surface area contributed by atoms with E-state index in [-0.39, 0.29) is 18.5 Å². The lowest BCUT2D eigenvalue weighted by molar-refractivity contribution is -0.172. The molecule has 0 saturated carbocycles. The third kappa shape index (κ3) is 7.06. The molecule has 2 saturated heterocycles. The Morgan fingerprint density at radius 1 is 1.09 bits per heavy atom. The molecule has 2 heterocycles. The van der Waals surface area contributed by atoms with E-state index in [1.165, 1.54) is 6.42 Å². The van der Waals surface area contributed by atoms with Crippen molar-refractivity contribution < 1.29 is 23.7 Å². The third-order valence-electron chi connectivity index (χ3n) is 3.97. The van der Waals surface area contributed by atoms with Gasteiger partial charge in [0.15, 0.2) is 6.29 Å². The molecule has 0 aliphatic carbocycles. The van der Waals surface area contributed by atoms with Crippen LogP contribution in [-0.4, -0.2) is 61.9 Å². The van der Waals surface area contributed by atoms with E-state index >= 15 is 0 Å². The average Bonchev–Trinajstić information content (AvgIpc) is 2.51. The summed E-state index contributed by atoms with van der Waals surface area (Å²) in [6, 6.07) is 0. The Morgan fingerprint density at radius 3 is 2.39 bits per heavy atom. The van der Waals surface area contributed by atoms with E-state index in [1.807, 2.05) is 20.8 Å². The first-order chi connectivity index (χ1) is 10.9. The summed E-state index contributed by atoms with van der Waals surface area (Å²) in [5.41, 5.74) is -0.442. The number of carbonyl (C=O) groups is 1. The first-order valence-electron chi connectivity index (χ1n) is 8.77. The summed E-state index contributed by atoms with van der Waals surface area (Å²) < 4.78 is 22.4. The zero-order valence-corrected chi connectivity index (χ0v) is 14.7. The fraction of sp³-hybridized carbons (Fsp3) is 0.941. The van der Waals surface area contributed by atoms with Gasteiger partial charge < -0.3 is 23.8 Å². The van der Waals surface area contributed by atoms with Crippen LogP contribution in [0.25, 0.3) is 0 Å². The highest BCUT2D eigenvalue weighted by Crippen LogP contribution is 2.18. The first kappa shape index (κ1) is 18.5. The summed E-state index contributed by atoms with van der Waals surface area (Å²) in [4.78, 5) is 13.7. The van der Waals surface area contributed by atoms with Crippen molar-refractivity contribution >= 4 is 6.09 Å². The number of piperidine rings is 1. The van der Waals surface area contributed by atoms with Gasteiger partial charge in [0.05, 0.1) is 19.3 Å². The summed E-state index contributed by atoms with van der Waals surface area (Å²) in [5.74, 6) is 0. The molecule has 2 rings (SSSR count). The molecule has 1 atom stereocenters. The fourth-order valence-corrected chi connectivity index (χ4v) is 2.77. The van der Waals surface area contributed by atoms with Gasteiger partial charge in [0, 0.05) is 19.7 Å². The zero-order chi connectivity index (χ0) is 16.7. The van der Waals surface area contributed by atoms with Gasteiger partial charge in [-0.1, -0.05) is 0 Å². The number of rotatable bonds is 5. The minimum Gasteiger partial charge on any atom is -0.444 e. The number of ether oxygens (including phenoxy) is 4. The Hall–Kier alpha value is -0.850. The molecule has 2 fully saturated rings. The van der Waals surface area contributed by atoms with Crippen LogP contribution in [0.15, 0.2) is 0 Å². The molecule has 6 heteroatoms. The SMILES string of the molecule is CC(C)(C)OC(=O)N1CCC(OCCOC2CCCCO2)CC1. The van der Waals surface area contributed by atoms with Gasteiger partial charge in [-0.15, -0.1) is 0 Å². The molecule has 0 aromatic heterocycles. The second-order valence-corrected chi connectivity index (χ2v) is 7.20. The molecule has 0 N–H and O–H groups in total. The van der Waals surface area contributed by atoms with Crippen molar-refractivity contribution in [3.05, 3.63) is 0 Å². The van der Waals surface area contributed by atoms with Crippen LogP contribution in [0.3, 0.4) is 0 Å². The zero-order valence-electron chi connectivity index (χ0n) is 14.7. The average molecular weight is 329 g/mol. The molecule has 6 nitrogen and oxygen atoms in total. The van der Waals surface area contributed by atoms with E-state index in [1.54, 1.807) is 4.90 Å². The third-order valence-corrected chi connectivity index (χ3v) is 3.97. The fourth-order valence-electron chi connectivity index (χ4n) is 2.77. The number of hydrogen-bond donors (Lipinski definition) is 0. The molecule has 2 aliphatic rings. The van der Waals surface area contributed by atoms with Crippen molar-refractivity contribution in [2.24, 2.45) is 0 Å². The second kappa shape index (κ2) is 8.85. The highest BCUT2D eigenvalue weighted by Gasteiger charge is 2.27. The summed E-state index contributed by atoms with van der Waals surface area (Å²) in [7, 11) is 0. The van der Waals surface area contributed by atoms with E-state index in [9.17, 15) is 4.79 Å². The lowest BCUT2D eigenvalue weighted by Crippen LogP contribution is -2.43. The Morgan fingerprint density at radius 2 is 1.78 bits per heavy atom. The minimum atomic E-state index is -0.442. The lowest BCUT2D eigenvalue weighted by atomic mass is 10.1. The largest absolute Gasteiger partial charge is 0.444 e. The molecule has 0 radical (unpaired) electrons. The van der Waals surface area contributed by atoms with Crippen LogP contribution in [-0.2, 0) is 18.9 Å². The Kier molecular flexibility index (Phi) is 7.11. The molecule has 0 aromatic rings. The molecule has 0 aromatic carbocycles. The number of amides is 1. The van der Waals surface area contributed by atoms with Crippen LogP contribution in [0.2, 0.25) is 0 Å². The number of nitrogens with zero attached hydrogens (tertiary/aromatic N) is 1. The molecule has 2 aliphatic heterocycles. The van der Waals surface area contributed by atoms with Crippen LogP contribution in [0, 0.1) is 0 Å². The van der Waals surface area contributed by atoms with Gasteiger partial charge >= 0.3 is 6.09 Å². The van der Waals surface area contributed by atoms with Crippen molar-refractivity contribution in [3.63, 3.8) is 0 Å². The van der Waals surface area contributed by atoms with Crippen molar-refractivity contribution in [1.29, 1.82) is 0 Å². The van der Waals surface area contributed by atoms with Gasteiger partial charge in [-0.05, 0) is 52.9 Å². The van der Waals surface area contributed by atoms with E-state index in [0.717, 1.165) is 32.3 Å². The highest BCUT2D eigenvalue weighted by molar-refractivity contribution is 5.68. The number of hydrogen-bond acceptors (Lipinski definition) is 5. The van der Waals surface area contributed by atoms with Crippen LogP contribution < -0.4 is 0 Å². The summed E-state index contributed by atoms with van der Waals surface area (Å²) in [5, 5.41) is 0. The van der Waals surface area contributed by atoms with Gasteiger partial charge in [-0.25, -0.2) is 4.79 Å². The standard InChI is InChI=1S/C17H31NO5/c1-17(2,3)23-16(19)18-9-7-14(8-10-18)20-12-13-22-15-6-4-5-11-21-15/h14-15H,4-13H2,1-3H3. The smallest absolute Gasteiger partial charge is 0.410 e. The maximum absolute atomic E-state index is 12.0. The quantitative estimate of drug-likeness (QED) is 0.726. The normalized spacial score (nSPS) is 23.8. The topological polar surface area (TPSA) is 57.2 Å². The Labute approximate surface area is 139 Å². The van der Waals surface area contributed by atoms with Gasteiger partial charge in [-0.3, -0.25) is 0 Å². The summed E-state index contributed by atoms with van der Waals surface area (Å²) >= 11 is 0. The van der Waals surface area contributed by atoms with Crippen LogP contribution in [0.4, 0.5) is 4.79 Å². The van der Waals surface area contributed by atoms with Gasteiger partial charge in [0.25, 0.3) is 0 Å². The Bertz CT molecular complexity index is 354. The van der Waals surface area contributed by atoms with Crippen LogP contribution in [0.1, 0.15) is 52.9 Å². The van der Waals surface area contributed by atoms with E-state index in [0.29, 0.717) is 26.3 Å². The molecule has 23 heavy (non-hydrogen) atoms. The molecule has 134 valence electrons. The van der Waals surface area contributed by atoms with Crippen LogP contribution >= 0.6 is 0 Å². The summed E-state index contributed by atoms with van der Waals surface area (Å²) in [6.45, 7) is 8.98. The number of likely N-dealkylation sites (tertiary alicyclic amines) is 1. The highest BCUT2D eigenvalue weighted by atomic mass is 16.7. The number of carbonyl (C=O) groups excluding carboxylic acids is 1. The van der Waals surface area contributed by atoms with E-state index in [2.05, 4.69) is 0 Å². The molecule has 0 bridgehead atoms. The molecular formula is C17H31NO5. The van der Waals surface area contributed by atoms with Crippen molar-refractivity contribution in [2.75, 3.05) is 32.9 Å². The first-order valence-corrected chi connectivity index (χ1v) is 8.77. The van der Waals surface area contributed by atoms with Crippen LogP contribution in [0.5, 0.6) is 0 Å². The second-order valence-electron chi connectivity index (χ2n) is 7.20. The maximum atomic E-state index is 12.0. The van der Waals surface area contributed by atoms with E-state index in [4.69, 9.17) is 18.9 Å². The molecule has 1 unspecified atom stereocenters. The molecular weight excluding hydrogens is 298 g/mol. The summed E-state index contributed by atoms with van der Waals surface area (Å²) in [6.07, 6.45) is 4.90. The molecule has 1 amide bonds. The predicted molar refractivity (Wildman–Crippen MR) is 86.3 cm³/mol. The molecule has 0 spiro atoms. The lowest BCUT2D eigenvalue weighted by Gasteiger charge is -2.33. The monoisotopic (exact) mass is 329 g/mol. The van der Waals surface area contributed by atoms with Gasteiger partial charge in [-0.2, -0.15) is 0 Å². The van der Waals surface area contributed by atoms with Crippen molar-refractivity contribution in [2.45, 2.75) is 70.9 Å². The predicted octanol–water partition coefficient (Wildman–Crippen LogP) is 2.95. The minimum absolute atomic E-state index is 0.0543.